The van der Waals surface area contributed by atoms with E-state index in [1.165, 1.54) is 89.9 Å². The molecule has 0 unspecified atom stereocenters. The van der Waals surface area contributed by atoms with Crippen molar-refractivity contribution >= 4 is 5.91 Å². The van der Waals surface area contributed by atoms with Gasteiger partial charge in [0.15, 0.2) is 0 Å². The number of carbonyl (C=O) groups excluding carboxylic acids is 1. The summed E-state index contributed by atoms with van der Waals surface area (Å²) in [5.41, 5.74) is 5.46. The Bertz CT molecular complexity index is 323. The Hall–Kier alpha value is -0.610. The number of nitrogens with two attached hydrogens (primary N) is 1. The molecule has 0 aliphatic carbocycles. The van der Waals surface area contributed by atoms with E-state index in [0.29, 0.717) is 6.42 Å². The van der Waals surface area contributed by atoms with Crippen LogP contribution in [-0.2, 0) is 4.79 Å². The van der Waals surface area contributed by atoms with E-state index in [0.717, 1.165) is 51.9 Å². The monoisotopic (exact) mass is 411 g/mol. The van der Waals surface area contributed by atoms with E-state index in [9.17, 15) is 4.79 Å². The molecule has 0 aliphatic heterocycles. The number of amides is 1. The molecule has 4 nitrogen and oxygen atoms in total. The molecule has 0 aliphatic rings. The molecule has 0 aromatic rings. The highest BCUT2D eigenvalue weighted by molar-refractivity contribution is 5.75. The highest BCUT2D eigenvalue weighted by Crippen LogP contribution is 2.13. The third-order valence-corrected chi connectivity index (χ3v) is 5.67. The lowest BCUT2D eigenvalue weighted by atomic mass is 10.0. The van der Waals surface area contributed by atoms with Crippen molar-refractivity contribution in [1.82, 2.24) is 10.6 Å². The molecule has 0 rings (SSSR count). The van der Waals surface area contributed by atoms with E-state index >= 15 is 0 Å². The molecule has 4 N–H and O–H groups in total. The van der Waals surface area contributed by atoms with Crippen molar-refractivity contribution in [3.05, 3.63) is 0 Å². The fraction of sp³-hybridized carbons (Fsp3) is 0.960. The topological polar surface area (TPSA) is 67.2 Å². The van der Waals surface area contributed by atoms with Gasteiger partial charge in [0.1, 0.15) is 0 Å². The second-order valence-corrected chi connectivity index (χ2v) is 8.65. The van der Waals surface area contributed by atoms with E-state index in [1.807, 2.05) is 0 Å². The SMILES string of the molecule is CCCCCCCCCCCCCCCCCC(=O)NCCCNCCCCN. The zero-order chi connectivity index (χ0) is 21.3. The second-order valence-electron chi connectivity index (χ2n) is 8.65. The summed E-state index contributed by atoms with van der Waals surface area (Å²) in [6.45, 7) is 5.86. The molecule has 0 aromatic heterocycles. The number of rotatable bonds is 24. The number of unbranched alkanes of at least 4 members (excludes halogenated alkanes) is 15. The van der Waals surface area contributed by atoms with Crippen LogP contribution >= 0.6 is 0 Å². The fourth-order valence-corrected chi connectivity index (χ4v) is 3.71. The lowest BCUT2D eigenvalue weighted by Gasteiger charge is -2.07. The number of hydrogen-bond donors (Lipinski definition) is 3. The third-order valence-electron chi connectivity index (χ3n) is 5.67. The van der Waals surface area contributed by atoms with Gasteiger partial charge in [-0.2, -0.15) is 0 Å². The van der Waals surface area contributed by atoms with E-state index in [4.69, 9.17) is 5.73 Å². The van der Waals surface area contributed by atoms with Crippen molar-refractivity contribution in [2.75, 3.05) is 26.2 Å². The highest BCUT2D eigenvalue weighted by atomic mass is 16.1. The molecule has 0 heterocycles. The summed E-state index contributed by atoms with van der Waals surface area (Å²) in [7, 11) is 0. The Morgan fingerprint density at radius 3 is 1.59 bits per heavy atom. The molecule has 0 atom stereocenters. The van der Waals surface area contributed by atoms with Crippen LogP contribution < -0.4 is 16.4 Å². The van der Waals surface area contributed by atoms with Gasteiger partial charge in [0.05, 0.1) is 0 Å². The average Bonchev–Trinajstić information content (AvgIpc) is 2.72. The van der Waals surface area contributed by atoms with Crippen molar-refractivity contribution in [2.24, 2.45) is 5.73 Å². The minimum Gasteiger partial charge on any atom is -0.356 e. The zero-order valence-electron chi connectivity index (χ0n) is 19.7. The summed E-state index contributed by atoms with van der Waals surface area (Å²) >= 11 is 0. The normalized spacial score (nSPS) is 11.1. The summed E-state index contributed by atoms with van der Waals surface area (Å²) < 4.78 is 0. The predicted molar refractivity (Wildman–Crippen MR) is 128 cm³/mol. The maximum Gasteiger partial charge on any atom is 0.219 e. The van der Waals surface area contributed by atoms with Crippen LogP contribution in [0.4, 0.5) is 0 Å². The van der Waals surface area contributed by atoms with Crippen LogP contribution in [-0.4, -0.2) is 32.1 Å². The van der Waals surface area contributed by atoms with Gasteiger partial charge >= 0.3 is 0 Å². The maximum absolute atomic E-state index is 11.8. The van der Waals surface area contributed by atoms with Gasteiger partial charge in [0, 0.05) is 13.0 Å². The van der Waals surface area contributed by atoms with Crippen LogP contribution in [0.25, 0.3) is 0 Å². The van der Waals surface area contributed by atoms with Crippen LogP contribution in [0.15, 0.2) is 0 Å². The third kappa shape index (κ3) is 25.4. The summed E-state index contributed by atoms with van der Waals surface area (Å²) in [4.78, 5) is 11.8. The molecule has 4 heteroatoms. The van der Waals surface area contributed by atoms with Gasteiger partial charge in [-0.05, 0) is 45.3 Å². The Morgan fingerprint density at radius 2 is 1.07 bits per heavy atom. The van der Waals surface area contributed by atoms with Gasteiger partial charge < -0.3 is 16.4 Å². The van der Waals surface area contributed by atoms with Gasteiger partial charge in [0.2, 0.25) is 5.91 Å². The molecule has 174 valence electrons. The molecule has 29 heavy (non-hydrogen) atoms. The van der Waals surface area contributed by atoms with Gasteiger partial charge in [-0.15, -0.1) is 0 Å². The van der Waals surface area contributed by atoms with Gasteiger partial charge in [-0.3, -0.25) is 4.79 Å². The second kappa shape index (κ2) is 25.4. The first-order chi connectivity index (χ1) is 14.3. The van der Waals surface area contributed by atoms with Crippen LogP contribution in [0.1, 0.15) is 129 Å². The highest BCUT2D eigenvalue weighted by Gasteiger charge is 2.00. The van der Waals surface area contributed by atoms with Crippen molar-refractivity contribution < 1.29 is 4.79 Å². The molecular formula is C25H53N3O. The standard InChI is InChI=1S/C25H53N3O/c1-2-3-4-5-6-7-8-9-10-11-12-13-14-15-16-20-25(29)28-24-19-23-27-22-18-17-21-26/h27H,2-24,26H2,1H3,(H,28,29). The molecule has 0 saturated heterocycles. The Labute approximate surface area is 182 Å². The van der Waals surface area contributed by atoms with E-state index in [2.05, 4.69) is 17.6 Å². The Morgan fingerprint density at radius 1 is 0.586 bits per heavy atom. The van der Waals surface area contributed by atoms with Crippen LogP contribution in [0.3, 0.4) is 0 Å². The van der Waals surface area contributed by atoms with E-state index < -0.39 is 0 Å². The first kappa shape index (κ1) is 28.4. The summed E-state index contributed by atoms with van der Waals surface area (Å²) in [5, 5.41) is 6.42. The fourth-order valence-electron chi connectivity index (χ4n) is 3.71. The number of nitrogens with one attached hydrogen (secondary N) is 2. The Balaban J connectivity index is 3.12. The number of carbonyl (C=O) groups is 1. The minimum atomic E-state index is 0.225. The van der Waals surface area contributed by atoms with Gasteiger partial charge in [0.25, 0.3) is 0 Å². The van der Waals surface area contributed by atoms with Crippen molar-refractivity contribution in [3.63, 3.8) is 0 Å². The average molecular weight is 412 g/mol. The van der Waals surface area contributed by atoms with Gasteiger partial charge in [-0.1, -0.05) is 96.8 Å². The van der Waals surface area contributed by atoms with Crippen molar-refractivity contribution in [2.45, 2.75) is 129 Å². The Kier molecular flexibility index (Phi) is 24.9. The molecule has 0 radical (unpaired) electrons. The quantitative estimate of drug-likeness (QED) is 0.169. The van der Waals surface area contributed by atoms with Gasteiger partial charge in [-0.25, -0.2) is 0 Å². The minimum absolute atomic E-state index is 0.225. The molecular weight excluding hydrogens is 358 g/mol. The molecule has 0 aromatic carbocycles. The van der Waals surface area contributed by atoms with Crippen LogP contribution in [0, 0.1) is 0 Å². The van der Waals surface area contributed by atoms with E-state index in [1.54, 1.807) is 0 Å². The molecule has 1 amide bonds. The van der Waals surface area contributed by atoms with Crippen LogP contribution in [0.5, 0.6) is 0 Å². The largest absolute Gasteiger partial charge is 0.356 e. The first-order valence-corrected chi connectivity index (χ1v) is 13.0. The predicted octanol–water partition coefficient (Wildman–Crippen LogP) is 6.08. The summed E-state index contributed by atoms with van der Waals surface area (Å²) in [5.74, 6) is 0.225. The van der Waals surface area contributed by atoms with E-state index in [-0.39, 0.29) is 5.91 Å². The maximum atomic E-state index is 11.8. The molecule has 0 spiro atoms. The smallest absolute Gasteiger partial charge is 0.219 e. The summed E-state index contributed by atoms with van der Waals surface area (Å²) in [6, 6.07) is 0. The molecule has 0 saturated carbocycles. The van der Waals surface area contributed by atoms with Crippen molar-refractivity contribution in [1.29, 1.82) is 0 Å². The zero-order valence-corrected chi connectivity index (χ0v) is 19.7. The van der Waals surface area contributed by atoms with Crippen molar-refractivity contribution in [3.8, 4) is 0 Å². The molecule has 0 fully saturated rings. The number of hydrogen-bond acceptors (Lipinski definition) is 3. The van der Waals surface area contributed by atoms with Crippen LogP contribution in [0.2, 0.25) is 0 Å². The first-order valence-electron chi connectivity index (χ1n) is 13.0. The summed E-state index contributed by atoms with van der Waals surface area (Å²) in [6.07, 6.45) is 24.4. The lowest BCUT2D eigenvalue weighted by molar-refractivity contribution is -0.121. The molecule has 0 bridgehead atoms. The lowest BCUT2D eigenvalue weighted by Crippen LogP contribution is -2.27.